The van der Waals surface area contributed by atoms with Crippen molar-refractivity contribution in [2.24, 2.45) is 5.92 Å². The summed E-state index contributed by atoms with van der Waals surface area (Å²) in [5.74, 6) is -2.05. The molecule has 1 saturated carbocycles. The van der Waals surface area contributed by atoms with Gasteiger partial charge in [-0.15, -0.1) is 0 Å². The van der Waals surface area contributed by atoms with Gasteiger partial charge in [-0.05, 0) is 106 Å². The molecule has 2 aromatic carbocycles. The lowest BCUT2D eigenvalue weighted by atomic mass is 9.89. The molecular weight excluding hydrogens is 838 g/mol. The maximum Gasteiger partial charge on any atom is 0.417 e. The number of ether oxygens (including phenoxy) is 1. The number of benzene rings is 2. The number of nitriles is 1. The molecule has 0 radical (unpaired) electrons. The van der Waals surface area contributed by atoms with Crippen LogP contribution in [-0.2, 0) is 42.9 Å². The number of carbonyl (C=O) groups is 4. The molecule has 19 heteroatoms. The van der Waals surface area contributed by atoms with Gasteiger partial charge >= 0.3 is 12.4 Å². The molecule has 3 amide bonds. The first kappa shape index (κ1) is 45.4. The highest BCUT2D eigenvalue weighted by Gasteiger charge is 2.53. The topological polar surface area (TPSA) is 126 Å². The average molecular weight is 883 g/mol. The molecule has 0 spiro atoms. The van der Waals surface area contributed by atoms with Crippen LogP contribution in [0.2, 0.25) is 5.02 Å². The van der Waals surface area contributed by atoms with E-state index in [-0.39, 0.29) is 73.8 Å². The summed E-state index contributed by atoms with van der Waals surface area (Å²) < 4.78 is 90.3. The number of piperidine rings is 1. The highest BCUT2D eigenvalue weighted by molar-refractivity contribution is 7.80. The van der Waals surface area contributed by atoms with Crippen molar-refractivity contribution in [1.82, 2.24) is 20.0 Å². The number of piperazine rings is 1. The van der Waals surface area contributed by atoms with Crippen LogP contribution in [0.1, 0.15) is 74.6 Å². The highest BCUT2D eigenvalue weighted by atomic mass is 35.5. The maximum atomic E-state index is 14.4. The third-order valence-corrected chi connectivity index (χ3v) is 12.4. The van der Waals surface area contributed by atoms with Gasteiger partial charge in [-0.2, -0.15) is 31.6 Å². The minimum Gasteiger partial charge on any atom is -0.377 e. The van der Waals surface area contributed by atoms with Crippen LogP contribution in [0.3, 0.4) is 0 Å². The first-order chi connectivity index (χ1) is 28.1. The van der Waals surface area contributed by atoms with E-state index >= 15 is 0 Å². The normalized spacial score (nSPS) is 24.5. The van der Waals surface area contributed by atoms with Gasteiger partial charge in [0.15, 0.2) is 10.9 Å². The lowest BCUT2D eigenvalue weighted by molar-refractivity contribution is -0.197. The average Bonchev–Trinajstić information content (AvgIpc) is 3.34. The lowest BCUT2D eigenvalue weighted by Crippen LogP contribution is -2.60. The third-order valence-electron chi connectivity index (χ3n) is 11.8. The van der Waals surface area contributed by atoms with Crippen LogP contribution in [0.5, 0.6) is 0 Å². The summed E-state index contributed by atoms with van der Waals surface area (Å²) in [4.78, 5) is 56.2. The second-order valence-electron chi connectivity index (χ2n) is 16.4. The van der Waals surface area contributed by atoms with Crippen molar-refractivity contribution < 1.29 is 50.3 Å². The number of ketones is 1. The van der Waals surface area contributed by atoms with E-state index in [0.717, 1.165) is 21.9 Å². The number of hydrogen-bond acceptors (Lipinski definition) is 9. The van der Waals surface area contributed by atoms with E-state index in [1.165, 1.54) is 12.1 Å². The van der Waals surface area contributed by atoms with Crippen LogP contribution in [0.4, 0.5) is 32.0 Å². The van der Waals surface area contributed by atoms with Crippen LogP contribution in [-0.4, -0.2) is 113 Å². The highest BCUT2D eigenvalue weighted by Crippen LogP contribution is 2.41. The molecular formula is C41H45ClF6N6O5S. The molecule has 3 heterocycles. The summed E-state index contributed by atoms with van der Waals surface area (Å²) in [6.45, 7) is 3.29. The van der Waals surface area contributed by atoms with Gasteiger partial charge < -0.3 is 9.64 Å². The predicted octanol–water partition coefficient (Wildman–Crippen LogP) is 6.23. The van der Waals surface area contributed by atoms with Crippen molar-refractivity contribution in [2.45, 2.75) is 101 Å². The quantitative estimate of drug-likeness (QED) is 0.149. The number of imide groups is 1. The Hall–Kier alpha value is -4.15. The van der Waals surface area contributed by atoms with Crippen molar-refractivity contribution in [3.05, 3.63) is 63.7 Å². The molecule has 2 atom stereocenters. The van der Waals surface area contributed by atoms with E-state index in [4.69, 9.17) is 28.6 Å². The largest absolute Gasteiger partial charge is 0.417 e. The van der Waals surface area contributed by atoms with Gasteiger partial charge in [0.05, 0.1) is 42.1 Å². The van der Waals surface area contributed by atoms with E-state index < -0.39 is 59.2 Å². The molecule has 11 nitrogen and oxygen atoms in total. The van der Waals surface area contributed by atoms with Crippen LogP contribution in [0.25, 0.3) is 0 Å². The van der Waals surface area contributed by atoms with Crippen molar-refractivity contribution >= 4 is 58.1 Å². The molecule has 1 aliphatic carbocycles. The SMILES string of the molecule is CC1(C)C(=O)N(c2ccc(C#N)c(C(F)(F)F)c2)C(=S)N1C1CCC(OCCN2CCN(CC(=O)Cc3cc(Cl)cc(CC4CCC(=O)NC4=O)c3)[C@@H](C(F)(F)F)C2)CC1. The number of nitrogens with zero attached hydrogens (tertiary/aromatic N) is 5. The molecule has 0 bridgehead atoms. The molecule has 3 aliphatic heterocycles. The van der Waals surface area contributed by atoms with E-state index in [2.05, 4.69) is 5.32 Å². The number of carbonyl (C=O) groups excluding carboxylic acids is 4. The smallest absolute Gasteiger partial charge is 0.377 e. The molecule has 1 N–H and O–H groups in total. The van der Waals surface area contributed by atoms with E-state index in [1.807, 2.05) is 0 Å². The van der Waals surface area contributed by atoms with Crippen LogP contribution in [0.15, 0.2) is 36.4 Å². The Morgan fingerprint density at radius 1 is 1.00 bits per heavy atom. The second kappa shape index (κ2) is 18.1. The van der Waals surface area contributed by atoms with Gasteiger partial charge in [0.2, 0.25) is 11.8 Å². The minimum atomic E-state index is -4.82. The van der Waals surface area contributed by atoms with Gasteiger partial charge in [0.1, 0.15) is 11.6 Å². The first-order valence-corrected chi connectivity index (χ1v) is 20.5. The lowest BCUT2D eigenvalue weighted by Gasteiger charge is -2.42. The standard InChI is InChI=1S/C41H45ClF6N6O5S/c1-39(2)37(58)53(30-5-3-27(21-49)33(20-30)40(43,44)45)38(60)54(39)29-6-8-32(9-7-29)59-14-13-51-11-12-52(34(23-51)41(46,47)48)22-31(55)19-25-15-24(17-28(42)18-25)16-26-4-10-35(56)50-36(26)57/h3,5,15,17-18,20,26,29,32,34H,4,6-14,16,19,22-23H2,1-2H3,(H,50,56,57)/t26?,29?,32?,34-/m1/s1. The molecule has 2 aromatic rings. The van der Waals surface area contributed by atoms with E-state index in [9.17, 15) is 50.8 Å². The fraction of sp³-hybridized carbons (Fsp3) is 0.561. The Bertz CT molecular complexity index is 2050. The number of Topliss-reactive ketones (excluding diaryl/α,β-unsaturated/α-hetero) is 1. The predicted molar refractivity (Wildman–Crippen MR) is 212 cm³/mol. The number of thiocarbonyl (C=S) groups is 1. The first-order valence-electron chi connectivity index (χ1n) is 19.7. The maximum absolute atomic E-state index is 14.4. The number of nitrogens with one attached hydrogen (secondary N) is 1. The zero-order valence-electron chi connectivity index (χ0n) is 33.0. The van der Waals surface area contributed by atoms with E-state index in [0.29, 0.717) is 61.2 Å². The molecule has 60 heavy (non-hydrogen) atoms. The van der Waals surface area contributed by atoms with Gasteiger partial charge in [-0.3, -0.25) is 39.2 Å². The Morgan fingerprint density at radius 3 is 2.35 bits per heavy atom. The zero-order valence-corrected chi connectivity index (χ0v) is 34.6. The molecule has 0 aromatic heterocycles. The Morgan fingerprint density at radius 2 is 1.70 bits per heavy atom. The van der Waals surface area contributed by atoms with Crippen molar-refractivity contribution in [3.8, 4) is 6.07 Å². The summed E-state index contributed by atoms with van der Waals surface area (Å²) in [5.41, 5.74) is -1.77. The monoisotopic (exact) mass is 882 g/mol. The van der Waals surface area contributed by atoms with Crippen LogP contribution >= 0.6 is 23.8 Å². The van der Waals surface area contributed by atoms with Crippen molar-refractivity contribution in [2.75, 3.05) is 44.2 Å². The van der Waals surface area contributed by atoms with Gasteiger partial charge in [0, 0.05) is 56.0 Å². The molecule has 6 rings (SSSR count). The van der Waals surface area contributed by atoms with Gasteiger partial charge in [0.25, 0.3) is 5.91 Å². The number of hydrogen-bond donors (Lipinski definition) is 1. The Balaban J connectivity index is 0.980. The molecule has 324 valence electrons. The van der Waals surface area contributed by atoms with Crippen molar-refractivity contribution in [1.29, 1.82) is 5.26 Å². The summed E-state index contributed by atoms with van der Waals surface area (Å²) in [6.07, 6.45) is -6.61. The summed E-state index contributed by atoms with van der Waals surface area (Å²) in [6, 6.07) is 7.46. The van der Waals surface area contributed by atoms with E-state index in [1.54, 1.807) is 41.8 Å². The van der Waals surface area contributed by atoms with Crippen LogP contribution in [0, 0.1) is 17.2 Å². The number of halogens is 7. The Kier molecular flexibility index (Phi) is 13.7. The summed E-state index contributed by atoms with van der Waals surface area (Å²) >= 11 is 12.0. The fourth-order valence-corrected chi connectivity index (χ4v) is 9.56. The third kappa shape index (κ3) is 10.3. The Labute approximate surface area is 353 Å². The summed E-state index contributed by atoms with van der Waals surface area (Å²) in [7, 11) is 0. The number of rotatable bonds is 12. The number of anilines is 1. The molecule has 4 fully saturated rings. The second-order valence-corrected chi connectivity index (χ2v) is 17.2. The molecule has 3 saturated heterocycles. The summed E-state index contributed by atoms with van der Waals surface area (Å²) in [5, 5.41) is 11.9. The molecule has 4 aliphatic rings. The van der Waals surface area contributed by atoms with Gasteiger partial charge in [-0.25, -0.2) is 0 Å². The number of alkyl halides is 6. The minimum absolute atomic E-state index is 0.0125. The van der Waals surface area contributed by atoms with Crippen molar-refractivity contribution in [3.63, 3.8) is 0 Å². The number of amides is 3. The fourth-order valence-electron chi connectivity index (χ4n) is 8.72. The van der Waals surface area contributed by atoms with Crippen LogP contribution < -0.4 is 10.2 Å². The zero-order chi connectivity index (χ0) is 43.7. The van der Waals surface area contributed by atoms with Gasteiger partial charge in [-0.1, -0.05) is 17.7 Å². The molecule has 1 unspecified atom stereocenters.